The minimum atomic E-state index is -0.406. The lowest BCUT2D eigenvalue weighted by Gasteiger charge is -2.15. The molecule has 1 aromatic carbocycles. The van der Waals surface area contributed by atoms with Crippen molar-refractivity contribution in [3.05, 3.63) is 53.4 Å². The van der Waals surface area contributed by atoms with Gasteiger partial charge in [-0.05, 0) is 23.6 Å². The highest BCUT2D eigenvalue weighted by Gasteiger charge is 2.25. The van der Waals surface area contributed by atoms with Gasteiger partial charge in [0.2, 0.25) is 0 Å². The Morgan fingerprint density at radius 3 is 2.74 bits per heavy atom. The van der Waals surface area contributed by atoms with Crippen LogP contribution in [-0.4, -0.2) is 41.7 Å². The summed E-state index contributed by atoms with van der Waals surface area (Å²) in [7, 11) is 0. The van der Waals surface area contributed by atoms with Gasteiger partial charge in [0.15, 0.2) is 0 Å². The lowest BCUT2D eigenvalue weighted by molar-refractivity contribution is 0.0928. The minimum Gasteiger partial charge on any atom is -0.391 e. The molecule has 0 saturated carbocycles. The molecule has 2 aromatic heterocycles. The molecule has 8 heteroatoms. The number of rotatable bonds is 4. The van der Waals surface area contributed by atoms with Gasteiger partial charge < -0.3 is 15.7 Å². The molecule has 0 bridgehead atoms. The maximum absolute atomic E-state index is 12.8. The predicted molar refractivity (Wildman–Crippen MR) is 114 cm³/mol. The first-order valence-corrected chi connectivity index (χ1v) is 9.21. The summed E-state index contributed by atoms with van der Waals surface area (Å²) in [6.07, 6.45) is -0.406. The highest BCUT2D eigenvalue weighted by atomic mass is 35.5. The van der Waals surface area contributed by atoms with Crippen molar-refractivity contribution in [1.82, 2.24) is 15.6 Å². The van der Waals surface area contributed by atoms with Crippen LogP contribution in [0, 0.1) is 5.92 Å². The van der Waals surface area contributed by atoms with Gasteiger partial charge in [-0.25, -0.2) is 4.98 Å². The van der Waals surface area contributed by atoms with Gasteiger partial charge in [0, 0.05) is 30.9 Å². The molecule has 0 aliphatic carbocycles. The van der Waals surface area contributed by atoms with E-state index in [1.165, 1.54) is 0 Å². The SMILES string of the molecule is Cl.Cl.O=C(NCC1CNCC1O)c1cc(-c2cccs2)nc2ccccc12. The average molecular weight is 426 g/mol. The third-order valence-corrected chi connectivity index (χ3v) is 5.46. The van der Waals surface area contributed by atoms with Crippen molar-refractivity contribution in [2.45, 2.75) is 6.10 Å². The number of thiophene rings is 1. The second kappa shape index (κ2) is 9.48. The van der Waals surface area contributed by atoms with Gasteiger partial charge in [-0.15, -0.1) is 36.2 Å². The normalized spacial score (nSPS) is 18.6. The quantitative estimate of drug-likeness (QED) is 0.600. The van der Waals surface area contributed by atoms with Crippen LogP contribution in [0.1, 0.15) is 10.4 Å². The van der Waals surface area contributed by atoms with Gasteiger partial charge >= 0.3 is 0 Å². The number of aliphatic hydroxyl groups is 1. The van der Waals surface area contributed by atoms with E-state index in [1.807, 2.05) is 47.8 Å². The number of nitrogens with one attached hydrogen (secondary N) is 2. The number of carbonyl (C=O) groups is 1. The number of para-hydroxylation sites is 1. The number of β-amino-alcohol motifs (C(OH)–C–C–N with tert-alkyl or cyclic N) is 1. The highest BCUT2D eigenvalue weighted by Crippen LogP contribution is 2.27. The van der Waals surface area contributed by atoms with Gasteiger partial charge in [0.25, 0.3) is 5.91 Å². The van der Waals surface area contributed by atoms with E-state index in [1.54, 1.807) is 11.3 Å². The number of amides is 1. The summed E-state index contributed by atoms with van der Waals surface area (Å²) in [6.45, 7) is 1.76. The van der Waals surface area contributed by atoms with Crippen molar-refractivity contribution < 1.29 is 9.90 Å². The summed E-state index contributed by atoms with van der Waals surface area (Å²) in [4.78, 5) is 18.5. The average Bonchev–Trinajstić information content (AvgIpc) is 3.30. The molecule has 4 rings (SSSR count). The summed E-state index contributed by atoms with van der Waals surface area (Å²) in [5.74, 6) is -0.0793. The fourth-order valence-electron chi connectivity index (χ4n) is 3.16. The van der Waals surface area contributed by atoms with Crippen LogP contribution in [0.25, 0.3) is 21.5 Å². The number of hydrogen-bond acceptors (Lipinski definition) is 5. The summed E-state index contributed by atoms with van der Waals surface area (Å²) in [6, 6.07) is 13.5. The van der Waals surface area contributed by atoms with E-state index in [0.29, 0.717) is 18.7 Å². The van der Waals surface area contributed by atoms with Gasteiger partial charge in [0.1, 0.15) is 0 Å². The lowest BCUT2D eigenvalue weighted by atomic mass is 10.0. The molecule has 2 unspecified atom stereocenters. The molecule has 3 N–H and O–H groups in total. The Kier molecular flexibility index (Phi) is 7.59. The van der Waals surface area contributed by atoms with E-state index in [0.717, 1.165) is 28.0 Å². The summed E-state index contributed by atoms with van der Waals surface area (Å²) in [5, 5.41) is 18.8. The summed E-state index contributed by atoms with van der Waals surface area (Å²) >= 11 is 1.60. The van der Waals surface area contributed by atoms with Crippen molar-refractivity contribution in [2.75, 3.05) is 19.6 Å². The molecule has 1 fully saturated rings. The van der Waals surface area contributed by atoms with Gasteiger partial charge in [-0.2, -0.15) is 0 Å². The Bertz CT molecular complexity index is 905. The Morgan fingerprint density at radius 2 is 2.04 bits per heavy atom. The number of pyridine rings is 1. The molecule has 3 heterocycles. The van der Waals surface area contributed by atoms with Crippen LogP contribution >= 0.6 is 36.2 Å². The Balaban J connectivity index is 0.00000131. The lowest BCUT2D eigenvalue weighted by Crippen LogP contribution is -2.34. The van der Waals surface area contributed by atoms with Crippen molar-refractivity contribution in [3.63, 3.8) is 0 Å². The standard InChI is InChI=1S/C19H19N3O2S.2ClH/c23-17-11-20-9-12(17)10-21-19(24)14-8-16(18-6-3-7-25-18)22-15-5-2-1-4-13(14)15;;/h1-8,12,17,20,23H,9-11H2,(H,21,24);2*1H. The Morgan fingerprint density at radius 1 is 1.22 bits per heavy atom. The van der Waals surface area contributed by atoms with Crippen molar-refractivity contribution in [3.8, 4) is 10.6 Å². The van der Waals surface area contributed by atoms with Crippen molar-refractivity contribution in [2.24, 2.45) is 5.92 Å². The molecule has 2 atom stereocenters. The molecule has 5 nitrogen and oxygen atoms in total. The maximum atomic E-state index is 12.8. The zero-order valence-electron chi connectivity index (χ0n) is 14.4. The van der Waals surface area contributed by atoms with Gasteiger partial charge in [-0.1, -0.05) is 24.3 Å². The van der Waals surface area contributed by atoms with E-state index in [9.17, 15) is 9.90 Å². The molecule has 3 aromatic rings. The number of aliphatic hydroxyl groups excluding tert-OH is 1. The molecular weight excluding hydrogens is 405 g/mol. The molecule has 0 radical (unpaired) electrons. The Hall–Kier alpha value is -1.70. The molecule has 1 aliphatic heterocycles. The maximum Gasteiger partial charge on any atom is 0.252 e. The second-order valence-electron chi connectivity index (χ2n) is 6.25. The zero-order valence-corrected chi connectivity index (χ0v) is 16.9. The largest absolute Gasteiger partial charge is 0.391 e. The van der Waals surface area contributed by atoms with Gasteiger partial charge in [0.05, 0.1) is 27.8 Å². The van der Waals surface area contributed by atoms with E-state index in [-0.39, 0.29) is 36.6 Å². The summed E-state index contributed by atoms with van der Waals surface area (Å²) < 4.78 is 0. The number of aromatic nitrogens is 1. The van der Waals surface area contributed by atoms with Crippen LogP contribution < -0.4 is 10.6 Å². The molecule has 0 spiro atoms. The van der Waals surface area contributed by atoms with E-state index >= 15 is 0 Å². The van der Waals surface area contributed by atoms with E-state index in [2.05, 4.69) is 10.6 Å². The van der Waals surface area contributed by atoms with Crippen LogP contribution in [0.3, 0.4) is 0 Å². The zero-order chi connectivity index (χ0) is 17.2. The number of nitrogens with zero attached hydrogens (tertiary/aromatic N) is 1. The fourth-order valence-corrected chi connectivity index (χ4v) is 3.85. The second-order valence-corrected chi connectivity index (χ2v) is 7.19. The summed E-state index contributed by atoms with van der Waals surface area (Å²) in [5.41, 5.74) is 2.23. The third kappa shape index (κ3) is 4.59. The van der Waals surface area contributed by atoms with Crippen LogP contribution in [0.2, 0.25) is 0 Å². The van der Waals surface area contributed by atoms with Crippen molar-refractivity contribution in [1.29, 1.82) is 0 Å². The monoisotopic (exact) mass is 425 g/mol. The van der Waals surface area contributed by atoms with Crippen LogP contribution in [0.4, 0.5) is 0 Å². The minimum absolute atomic E-state index is 0. The third-order valence-electron chi connectivity index (χ3n) is 4.56. The molecule has 27 heavy (non-hydrogen) atoms. The van der Waals surface area contributed by atoms with Gasteiger partial charge in [-0.3, -0.25) is 4.79 Å². The first kappa shape index (κ1) is 21.6. The number of carbonyl (C=O) groups excluding carboxylic acids is 1. The smallest absolute Gasteiger partial charge is 0.252 e. The predicted octanol–water partition coefficient (Wildman–Crippen LogP) is 3.12. The van der Waals surface area contributed by atoms with Crippen molar-refractivity contribution >= 4 is 53.0 Å². The first-order valence-electron chi connectivity index (χ1n) is 8.33. The number of benzene rings is 1. The van der Waals surface area contributed by atoms with E-state index < -0.39 is 6.10 Å². The Labute approximate surface area is 174 Å². The molecule has 1 aliphatic rings. The highest BCUT2D eigenvalue weighted by molar-refractivity contribution is 7.13. The van der Waals surface area contributed by atoms with E-state index in [4.69, 9.17) is 4.98 Å². The molecule has 1 saturated heterocycles. The fraction of sp³-hybridized carbons (Fsp3) is 0.263. The molecule has 144 valence electrons. The number of hydrogen-bond donors (Lipinski definition) is 3. The number of halogens is 2. The molecular formula is C19H21Cl2N3O2S. The van der Waals surface area contributed by atoms with Crippen LogP contribution in [-0.2, 0) is 0 Å². The molecule has 1 amide bonds. The number of fused-ring (bicyclic) bond motifs is 1. The van der Waals surface area contributed by atoms with Crippen LogP contribution in [0.5, 0.6) is 0 Å². The topological polar surface area (TPSA) is 74.2 Å². The first-order chi connectivity index (χ1) is 12.2. The van der Waals surface area contributed by atoms with Crippen LogP contribution in [0.15, 0.2) is 47.8 Å².